The van der Waals surface area contributed by atoms with E-state index in [0.29, 0.717) is 0 Å². The zero-order valence-electron chi connectivity index (χ0n) is 36.1. The molecule has 0 radical (unpaired) electrons. The predicted octanol–water partition coefficient (Wildman–Crippen LogP) is 13.5. The van der Waals surface area contributed by atoms with Gasteiger partial charge in [-0.05, 0) is 124 Å². The minimum atomic E-state index is -0.507. The van der Waals surface area contributed by atoms with Crippen molar-refractivity contribution in [3.8, 4) is 39.1 Å². The predicted molar refractivity (Wildman–Crippen MR) is 264 cm³/mol. The van der Waals surface area contributed by atoms with Crippen LogP contribution in [0.2, 0.25) is 0 Å². The number of rotatable bonds is 0. The van der Waals surface area contributed by atoms with Crippen LogP contribution in [0, 0.1) is 0 Å². The molecular weight excluding hydrogens is 759 g/mol. The summed E-state index contributed by atoms with van der Waals surface area (Å²) >= 11 is 0. The van der Waals surface area contributed by atoms with Gasteiger partial charge in [-0.15, -0.1) is 0 Å². The van der Waals surface area contributed by atoms with Gasteiger partial charge in [0.05, 0.1) is 16.4 Å². The van der Waals surface area contributed by atoms with Gasteiger partial charge in [0, 0.05) is 38.8 Å². The average molecular weight is 803 g/mol. The van der Waals surface area contributed by atoms with Crippen LogP contribution in [0.5, 0.6) is 0 Å². The third-order valence-electron chi connectivity index (χ3n) is 16.0. The molecule has 2 nitrogen and oxygen atoms in total. The van der Waals surface area contributed by atoms with Crippen LogP contribution in [0.25, 0.3) is 71.6 Å². The highest BCUT2D eigenvalue weighted by Gasteiger charge is 2.57. The number of hydrogen-bond acceptors (Lipinski definition) is 1. The van der Waals surface area contributed by atoms with E-state index < -0.39 is 5.41 Å². The molecule has 0 bridgehead atoms. The monoisotopic (exact) mass is 802 g/mol. The summed E-state index contributed by atoms with van der Waals surface area (Å²) in [5.74, 6) is 0. The van der Waals surface area contributed by atoms with Gasteiger partial charge in [-0.2, -0.15) is 0 Å². The zero-order chi connectivity index (χ0) is 41.9. The van der Waals surface area contributed by atoms with Crippen molar-refractivity contribution < 1.29 is 0 Å². The molecule has 3 aliphatic heterocycles. The van der Waals surface area contributed by atoms with Gasteiger partial charge in [-0.3, -0.25) is 0 Å². The molecule has 0 unspecified atom stereocenters. The second-order valence-electron chi connectivity index (χ2n) is 20.4. The lowest BCUT2D eigenvalue weighted by Gasteiger charge is -2.52. The molecule has 0 fully saturated rings. The summed E-state index contributed by atoms with van der Waals surface area (Å²) in [6.07, 6.45) is 0. The van der Waals surface area contributed by atoms with Crippen molar-refractivity contribution in [2.24, 2.45) is 0 Å². The molecule has 2 aliphatic carbocycles. The van der Waals surface area contributed by atoms with Crippen LogP contribution in [0.15, 0.2) is 170 Å². The Labute approximate surface area is 368 Å². The molecule has 0 saturated carbocycles. The number of benzene rings is 9. The van der Waals surface area contributed by atoms with Crippen molar-refractivity contribution >= 4 is 61.7 Å². The molecule has 10 aromatic rings. The number of hydrogen-bond donors (Lipinski definition) is 0. The number of nitrogens with zero attached hydrogens (tertiary/aromatic N) is 2. The Balaban J connectivity index is 1.19. The van der Waals surface area contributed by atoms with Gasteiger partial charge in [0.2, 0.25) is 0 Å². The van der Waals surface area contributed by atoms with Gasteiger partial charge in [0.1, 0.15) is 0 Å². The van der Waals surface area contributed by atoms with Crippen LogP contribution in [0.3, 0.4) is 0 Å². The molecule has 15 rings (SSSR count). The first-order chi connectivity index (χ1) is 30.7. The van der Waals surface area contributed by atoms with Crippen LogP contribution >= 0.6 is 0 Å². The van der Waals surface area contributed by atoms with Crippen molar-refractivity contribution in [2.45, 2.75) is 50.9 Å². The highest BCUT2D eigenvalue weighted by Crippen LogP contribution is 2.66. The number of aromatic nitrogens is 1. The second-order valence-corrected chi connectivity index (χ2v) is 20.4. The highest BCUT2D eigenvalue weighted by molar-refractivity contribution is 6.94. The molecule has 296 valence electrons. The molecule has 9 aromatic carbocycles. The van der Waals surface area contributed by atoms with Gasteiger partial charge in [0.15, 0.2) is 0 Å². The quantitative estimate of drug-likeness (QED) is 0.139. The second kappa shape index (κ2) is 11.1. The molecule has 63 heavy (non-hydrogen) atoms. The zero-order valence-corrected chi connectivity index (χ0v) is 36.1. The molecule has 1 aromatic heterocycles. The van der Waals surface area contributed by atoms with Crippen LogP contribution in [0.1, 0.15) is 73.6 Å². The van der Waals surface area contributed by atoms with Crippen molar-refractivity contribution in [1.29, 1.82) is 0 Å². The Kier molecular flexibility index (Phi) is 6.07. The first-order valence-corrected chi connectivity index (χ1v) is 22.7. The fourth-order valence-electron chi connectivity index (χ4n) is 13.5. The van der Waals surface area contributed by atoms with Crippen LogP contribution in [0.4, 0.5) is 11.4 Å². The molecule has 0 amide bonds. The van der Waals surface area contributed by atoms with Gasteiger partial charge in [0.25, 0.3) is 0 Å². The summed E-state index contributed by atoms with van der Waals surface area (Å²) in [7, 11) is 0. The average Bonchev–Trinajstić information content (AvgIpc) is 3.87. The van der Waals surface area contributed by atoms with E-state index in [2.05, 4.69) is 214 Å². The van der Waals surface area contributed by atoms with E-state index in [1.54, 1.807) is 0 Å². The maximum absolute atomic E-state index is 2.81. The van der Waals surface area contributed by atoms with E-state index in [4.69, 9.17) is 0 Å². The lowest BCUT2D eigenvalue weighted by atomic mass is 9.42. The van der Waals surface area contributed by atoms with Crippen molar-refractivity contribution in [3.63, 3.8) is 0 Å². The Bertz CT molecular complexity index is 3730. The molecule has 0 N–H and O–H groups in total. The fourth-order valence-corrected chi connectivity index (χ4v) is 13.5. The van der Waals surface area contributed by atoms with Gasteiger partial charge < -0.3 is 9.38 Å². The Hall–Kier alpha value is -7.10. The summed E-state index contributed by atoms with van der Waals surface area (Å²) in [4.78, 5) is 2.81. The SMILES string of the molecule is CC(C)(C)c1cc2c3c(c1)C1(c4ccccc4-c4ccccc41)c1ccccc1N3B1c3c-2cc2c(c3-n3c4cc5ccccc5cc4c4cccc1c43)C(C)(C)c1ccccc1-2. The molecule has 1 spiro atoms. The normalized spacial score (nSPS) is 15.9. The lowest BCUT2D eigenvalue weighted by Crippen LogP contribution is -2.62. The summed E-state index contributed by atoms with van der Waals surface area (Å²) in [6.45, 7) is 12.1. The molecule has 5 aliphatic rings. The lowest BCUT2D eigenvalue weighted by molar-refractivity contribution is 0.587. The number of para-hydroxylation sites is 2. The van der Waals surface area contributed by atoms with Crippen molar-refractivity contribution in [1.82, 2.24) is 4.57 Å². The molecule has 0 atom stereocenters. The molecule has 4 heterocycles. The van der Waals surface area contributed by atoms with Gasteiger partial charge in [-0.1, -0.05) is 174 Å². The Morgan fingerprint density at radius 2 is 1.10 bits per heavy atom. The third-order valence-corrected chi connectivity index (χ3v) is 16.0. The topological polar surface area (TPSA) is 8.17 Å². The maximum Gasteiger partial charge on any atom is 0.333 e. The van der Waals surface area contributed by atoms with E-state index in [1.165, 1.54) is 133 Å². The standard InChI is InChI=1S/C60H43BN2/c1-58(2,3)36-31-44-43-33-42-39-21-8-11-23-45(39)59(4,5)53(42)57-54(43)61(50-27-16-22-40-41-29-34-17-6-7-18-35(34)30-52(41)62(57)56(40)50)63-51-28-15-14-26-48(51)60(49(32-36)55(44)63)46-24-12-9-19-37(46)38-20-10-13-25-47(38)60/h6-33H,1-5H3. The van der Waals surface area contributed by atoms with E-state index in [-0.39, 0.29) is 17.7 Å². The van der Waals surface area contributed by atoms with Crippen LogP contribution < -0.4 is 15.7 Å². The first-order valence-electron chi connectivity index (χ1n) is 22.7. The number of anilines is 2. The molecular formula is C60H43BN2. The van der Waals surface area contributed by atoms with E-state index in [0.717, 1.165) is 0 Å². The Morgan fingerprint density at radius 3 is 1.81 bits per heavy atom. The summed E-state index contributed by atoms with van der Waals surface area (Å²) in [5, 5.41) is 5.18. The van der Waals surface area contributed by atoms with Crippen molar-refractivity contribution in [2.75, 3.05) is 4.81 Å². The van der Waals surface area contributed by atoms with Crippen molar-refractivity contribution in [3.05, 3.63) is 209 Å². The van der Waals surface area contributed by atoms with Crippen LogP contribution in [-0.2, 0) is 16.2 Å². The number of fused-ring (bicyclic) bond motifs is 21. The maximum atomic E-state index is 2.81. The van der Waals surface area contributed by atoms with E-state index in [1.807, 2.05) is 0 Å². The van der Waals surface area contributed by atoms with E-state index in [9.17, 15) is 0 Å². The summed E-state index contributed by atoms with van der Waals surface area (Å²) < 4.78 is 2.72. The van der Waals surface area contributed by atoms with E-state index >= 15 is 0 Å². The first kappa shape index (κ1) is 34.5. The van der Waals surface area contributed by atoms with Gasteiger partial charge >= 0.3 is 6.85 Å². The van der Waals surface area contributed by atoms with Crippen LogP contribution in [-0.4, -0.2) is 11.4 Å². The minimum absolute atomic E-state index is 0.0631. The summed E-state index contributed by atoms with van der Waals surface area (Å²) in [6, 6.07) is 66.0. The van der Waals surface area contributed by atoms with Gasteiger partial charge in [-0.25, -0.2) is 0 Å². The smallest absolute Gasteiger partial charge is 0.333 e. The summed E-state index contributed by atoms with van der Waals surface area (Å²) in [5.41, 5.74) is 26.3. The molecule has 0 saturated heterocycles. The largest absolute Gasteiger partial charge is 0.376 e. The Morgan fingerprint density at radius 1 is 0.476 bits per heavy atom. The highest BCUT2D eigenvalue weighted by atomic mass is 15.1. The molecule has 3 heteroatoms. The third kappa shape index (κ3) is 3.85. The minimum Gasteiger partial charge on any atom is -0.376 e. The fraction of sp³-hybridized carbons (Fsp3) is 0.133.